The second kappa shape index (κ2) is 2.17. The lowest BCUT2D eigenvalue weighted by molar-refractivity contribution is -0.178. The van der Waals surface area contributed by atoms with Gasteiger partial charge in [0.25, 0.3) is 0 Å². The monoisotopic (exact) mass is 126 g/mol. The van der Waals surface area contributed by atoms with Gasteiger partial charge in [-0.25, -0.2) is 4.39 Å². The Morgan fingerprint density at radius 2 is 2.00 bits per heavy atom. The molecule has 0 amide bonds. The van der Waals surface area contributed by atoms with Gasteiger partial charge in [0.15, 0.2) is 5.83 Å². The first-order chi connectivity index (χ1) is 3.48. The summed E-state index contributed by atoms with van der Waals surface area (Å²) in [5.74, 6) is -1.82. The molecule has 0 aromatic rings. The fourth-order valence-corrected chi connectivity index (χ4v) is 0.174. The van der Waals surface area contributed by atoms with E-state index in [0.29, 0.717) is 6.08 Å². The van der Waals surface area contributed by atoms with Crippen molar-refractivity contribution in [2.75, 3.05) is 0 Å². The van der Waals surface area contributed by atoms with E-state index in [2.05, 4.69) is 0 Å². The molecule has 1 N–H and O–H groups in total. The normalized spacial score (nSPS) is 14.4. The van der Waals surface area contributed by atoms with Crippen molar-refractivity contribution in [1.82, 2.24) is 0 Å². The van der Waals surface area contributed by atoms with E-state index in [0.717, 1.165) is 6.92 Å². The van der Waals surface area contributed by atoms with Crippen molar-refractivity contribution < 1.29 is 18.3 Å². The van der Waals surface area contributed by atoms with Gasteiger partial charge in [-0.1, -0.05) is 0 Å². The Balaban J connectivity index is 4.03. The van der Waals surface area contributed by atoms with E-state index >= 15 is 0 Å². The van der Waals surface area contributed by atoms with Crippen LogP contribution in [0.1, 0.15) is 6.92 Å². The SMILES string of the molecule is C/C=C(\F)C(O)(F)F. The Hall–Kier alpha value is -0.510. The molecule has 0 spiro atoms. The fourth-order valence-electron chi connectivity index (χ4n) is 0.174. The summed E-state index contributed by atoms with van der Waals surface area (Å²) < 4.78 is 34.0. The van der Waals surface area contributed by atoms with Gasteiger partial charge in [-0.15, -0.1) is 0 Å². The zero-order valence-corrected chi connectivity index (χ0v) is 4.16. The molecule has 0 unspecified atom stereocenters. The largest absolute Gasteiger partial charge is 0.406 e. The molecule has 0 fully saturated rings. The summed E-state index contributed by atoms with van der Waals surface area (Å²) in [5.41, 5.74) is 0. The summed E-state index contributed by atoms with van der Waals surface area (Å²) in [6, 6.07) is 0. The molecule has 0 aromatic heterocycles. The van der Waals surface area contributed by atoms with Gasteiger partial charge in [0.05, 0.1) is 0 Å². The minimum Gasteiger partial charge on any atom is -0.331 e. The molecule has 0 radical (unpaired) electrons. The molecule has 4 heteroatoms. The van der Waals surface area contributed by atoms with Crippen LogP contribution in [0.2, 0.25) is 0 Å². The molecule has 0 aliphatic carbocycles. The lowest BCUT2D eigenvalue weighted by atomic mass is 10.5. The number of hydrogen-bond donors (Lipinski definition) is 1. The molecule has 0 atom stereocenters. The predicted octanol–water partition coefficient (Wildman–Crippen LogP) is 1.44. The zero-order valence-electron chi connectivity index (χ0n) is 4.16. The van der Waals surface area contributed by atoms with Crippen LogP contribution in [-0.2, 0) is 0 Å². The second-order valence-electron chi connectivity index (χ2n) is 1.18. The average Bonchev–Trinajstić information content (AvgIpc) is 1.62. The predicted molar refractivity (Wildman–Crippen MR) is 22.0 cm³/mol. The van der Waals surface area contributed by atoms with Gasteiger partial charge in [-0.3, -0.25) is 0 Å². The third kappa shape index (κ3) is 1.97. The van der Waals surface area contributed by atoms with Crippen LogP contribution in [0.3, 0.4) is 0 Å². The molecule has 48 valence electrons. The van der Waals surface area contributed by atoms with Crippen LogP contribution in [-0.4, -0.2) is 11.2 Å². The molecular formula is C4H5F3O. The minimum absolute atomic E-state index is 0.500. The van der Waals surface area contributed by atoms with Crippen LogP contribution in [0, 0.1) is 0 Å². The summed E-state index contributed by atoms with van der Waals surface area (Å²) in [6.07, 6.45) is -3.80. The number of aliphatic hydroxyl groups is 1. The first kappa shape index (κ1) is 7.49. The lowest BCUT2D eigenvalue weighted by Gasteiger charge is -2.02. The highest BCUT2D eigenvalue weighted by atomic mass is 19.3. The highest BCUT2D eigenvalue weighted by Crippen LogP contribution is 2.20. The van der Waals surface area contributed by atoms with Crippen LogP contribution < -0.4 is 0 Å². The standard InChI is InChI=1S/C4H5F3O/c1-2-3(5)4(6,7)8/h2,8H,1H3/b3-2-. The van der Waals surface area contributed by atoms with Crippen molar-refractivity contribution >= 4 is 0 Å². The Kier molecular flexibility index (Phi) is 2.03. The molecule has 0 rings (SSSR count). The van der Waals surface area contributed by atoms with Crippen molar-refractivity contribution in [2.45, 2.75) is 13.0 Å². The maximum absolute atomic E-state index is 11.5. The van der Waals surface area contributed by atoms with Crippen molar-refractivity contribution in [1.29, 1.82) is 0 Å². The van der Waals surface area contributed by atoms with Gasteiger partial charge in [0, 0.05) is 0 Å². The number of halogens is 3. The topological polar surface area (TPSA) is 20.2 Å². The highest BCUT2D eigenvalue weighted by molar-refractivity contribution is 4.95. The van der Waals surface area contributed by atoms with Gasteiger partial charge in [-0.2, -0.15) is 8.78 Å². The molecule has 0 saturated heterocycles. The van der Waals surface area contributed by atoms with Crippen molar-refractivity contribution in [3.8, 4) is 0 Å². The van der Waals surface area contributed by atoms with Gasteiger partial charge < -0.3 is 5.11 Å². The van der Waals surface area contributed by atoms with Crippen molar-refractivity contribution in [3.63, 3.8) is 0 Å². The summed E-state index contributed by atoms with van der Waals surface area (Å²) >= 11 is 0. The summed E-state index contributed by atoms with van der Waals surface area (Å²) in [5, 5.41) is 7.51. The maximum atomic E-state index is 11.5. The van der Waals surface area contributed by atoms with Crippen LogP contribution in [0.15, 0.2) is 11.9 Å². The van der Waals surface area contributed by atoms with Gasteiger partial charge in [0.2, 0.25) is 0 Å². The number of alkyl halides is 2. The average molecular weight is 126 g/mol. The fraction of sp³-hybridized carbons (Fsp3) is 0.500. The Labute approximate surface area is 44.4 Å². The quantitative estimate of drug-likeness (QED) is 0.563. The summed E-state index contributed by atoms with van der Waals surface area (Å²) in [6.45, 7) is 1.07. The molecule has 1 nitrogen and oxygen atoms in total. The molecular weight excluding hydrogens is 121 g/mol. The van der Waals surface area contributed by atoms with E-state index in [1.165, 1.54) is 0 Å². The third-order valence-corrected chi connectivity index (χ3v) is 0.541. The van der Waals surface area contributed by atoms with E-state index < -0.39 is 11.9 Å². The van der Waals surface area contributed by atoms with E-state index in [-0.39, 0.29) is 0 Å². The van der Waals surface area contributed by atoms with Crippen LogP contribution in [0.25, 0.3) is 0 Å². The van der Waals surface area contributed by atoms with Crippen LogP contribution in [0.5, 0.6) is 0 Å². The van der Waals surface area contributed by atoms with Crippen molar-refractivity contribution in [3.05, 3.63) is 11.9 Å². The van der Waals surface area contributed by atoms with Crippen LogP contribution in [0.4, 0.5) is 13.2 Å². The highest BCUT2D eigenvalue weighted by Gasteiger charge is 2.30. The molecule has 0 saturated carbocycles. The molecule has 0 bridgehead atoms. The minimum atomic E-state index is -4.30. The summed E-state index contributed by atoms with van der Waals surface area (Å²) in [7, 11) is 0. The Bertz CT molecular complexity index is 102. The van der Waals surface area contributed by atoms with Gasteiger partial charge in [-0.05, 0) is 13.0 Å². The molecule has 0 aliphatic heterocycles. The van der Waals surface area contributed by atoms with E-state index in [1.807, 2.05) is 0 Å². The molecule has 0 aliphatic rings. The lowest BCUT2D eigenvalue weighted by Crippen LogP contribution is -2.14. The molecule has 8 heavy (non-hydrogen) atoms. The second-order valence-corrected chi connectivity index (χ2v) is 1.18. The first-order valence-electron chi connectivity index (χ1n) is 1.91. The number of hydrogen-bond acceptors (Lipinski definition) is 1. The van der Waals surface area contributed by atoms with Gasteiger partial charge >= 0.3 is 6.11 Å². The smallest absolute Gasteiger partial charge is 0.331 e. The third-order valence-electron chi connectivity index (χ3n) is 0.541. The number of rotatable bonds is 1. The van der Waals surface area contributed by atoms with Crippen LogP contribution >= 0.6 is 0 Å². The number of allylic oxidation sites excluding steroid dienone is 1. The van der Waals surface area contributed by atoms with E-state index in [4.69, 9.17) is 5.11 Å². The zero-order chi connectivity index (χ0) is 6.78. The van der Waals surface area contributed by atoms with Gasteiger partial charge in [0.1, 0.15) is 0 Å². The molecule has 0 aromatic carbocycles. The Morgan fingerprint density at radius 3 is 2.00 bits per heavy atom. The van der Waals surface area contributed by atoms with E-state index in [1.54, 1.807) is 0 Å². The maximum Gasteiger partial charge on any atom is 0.406 e. The first-order valence-corrected chi connectivity index (χ1v) is 1.91. The Morgan fingerprint density at radius 1 is 1.62 bits per heavy atom. The van der Waals surface area contributed by atoms with Crippen molar-refractivity contribution in [2.24, 2.45) is 0 Å². The van der Waals surface area contributed by atoms with E-state index in [9.17, 15) is 13.2 Å². The summed E-state index contributed by atoms with van der Waals surface area (Å²) in [4.78, 5) is 0. The molecule has 0 heterocycles.